The zero-order valence-corrected chi connectivity index (χ0v) is 15.1. The largest absolute Gasteiger partial charge is 0.495 e. The number of aromatic nitrogens is 5. The number of carbonyl (C=O) groups is 1. The lowest BCUT2D eigenvalue weighted by Gasteiger charge is -2.15. The van der Waals surface area contributed by atoms with E-state index in [1.54, 1.807) is 25.4 Å². The standard InChI is InChI=1S/C16H15ClFN7O2/c1-9(14-21-8-22-25(14)15-19-4-3-5-20-15)23-16(26)24-12-7-13(27-2)10(17)6-11(12)18/h3-9H,1-2H3,(H2,23,24,26)/t9-/m0/s1. The summed E-state index contributed by atoms with van der Waals surface area (Å²) in [5.41, 5.74) is -0.0752. The Morgan fingerprint density at radius 2 is 2.04 bits per heavy atom. The van der Waals surface area contributed by atoms with Crippen LogP contribution in [0.3, 0.4) is 0 Å². The molecule has 0 aliphatic heterocycles. The van der Waals surface area contributed by atoms with Gasteiger partial charge in [0, 0.05) is 18.5 Å². The molecule has 1 aromatic carbocycles. The molecule has 0 bridgehead atoms. The van der Waals surface area contributed by atoms with Crippen LogP contribution < -0.4 is 15.4 Å². The van der Waals surface area contributed by atoms with Crippen LogP contribution in [0.2, 0.25) is 5.02 Å². The lowest BCUT2D eigenvalue weighted by molar-refractivity contribution is 0.248. The van der Waals surface area contributed by atoms with E-state index in [0.717, 1.165) is 6.07 Å². The number of hydrogen-bond acceptors (Lipinski definition) is 6. The van der Waals surface area contributed by atoms with Crippen LogP contribution in [0.1, 0.15) is 18.8 Å². The number of anilines is 1. The minimum atomic E-state index is -0.690. The number of methoxy groups -OCH3 is 1. The number of hydrogen-bond donors (Lipinski definition) is 2. The van der Waals surface area contributed by atoms with E-state index in [2.05, 4.69) is 30.7 Å². The number of rotatable bonds is 5. The predicted molar refractivity (Wildman–Crippen MR) is 95.5 cm³/mol. The summed E-state index contributed by atoms with van der Waals surface area (Å²) in [6.07, 6.45) is 4.45. The van der Waals surface area contributed by atoms with Crippen molar-refractivity contribution in [2.75, 3.05) is 12.4 Å². The maximum absolute atomic E-state index is 14.0. The Balaban J connectivity index is 1.73. The molecule has 0 saturated heterocycles. The summed E-state index contributed by atoms with van der Waals surface area (Å²) in [4.78, 5) is 24.6. The van der Waals surface area contributed by atoms with Crippen LogP contribution in [-0.4, -0.2) is 37.9 Å². The fourth-order valence-electron chi connectivity index (χ4n) is 2.30. The van der Waals surface area contributed by atoms with Crippen molar-refractivity contribution in [1.29, 1.82) is 0 Å². The molecule has 0 radical (unpaired) electrons. The first-order valence-electron chi connectivity index (χ1n) is 7.77. The van der Waals surface area contributed by atoms with Gasteiger partial charge < -0.3 is 15.4 Å². The summed E-state index contributed by atoms with van der Waals surface area (Å²) in [5.74, 6) is 0.268. The molecule has 2 N–H and O–H groups in total. The molecule has 0 unspecified atom stereocenters. The van der Waals surface area contributed by atoms with Crippen LogP contribution in [0.4, 0.5) is 14.9 Å². The molecule has 140 valence electrons. The van der Waals surface area contributed by atoms with Crippen molar-refractivity contribution in [2.24, 2.45) is 0 Å². The Kier molecular flexibility index (Phi) is 5.46. The Morgan fingerprint density at radius 3 is 2.74 bits per heavy atom. The molecule has 0 aliphatic carbocycles. The summed E-state index contributed by atoms with van der Waals surface area (Å²) in [6.45, 7) is 1.70. The average Bonchev–Trinajstić information content (AvgIpc) is 3.14. The number of urea groups is 1. The number of amides is 2. The average molecular weight is 392 g/mol. The summed E-state index contributed by atoms with van der Waals surface area (Å²) in [5, 5.41) is 9.23. The van der Waals surface area contributed by atoms with E-state index in [4.69, 9.17) is 16.3 Å². The number of nitrogens with zero attached hydrogens (tertiary/aromatic N) is 5. The molecule has 2 aromatic heterocycles. The van der Waals surface area contributed by atoms with Crippen molar-refractivity contribution in [3.05, 3.63) is 53.6 Å². The van der Waals surface area contributed by atoms with Gasteiger partial charge in [0.15, 0.2) is 5.82 Å². The van der Waals surface area contributed by atoms with Crippen LogP contribution in [-0.2, 0) is 0 Å². The summed E-state index contributed by atoms with van der Waals surface area (Å²) in [6, 6.07) is 2.82. The van der Waals surface area contributed by atoms with E-state index in [1.165, 1.54) is 24.2 Å². The minimum absolute atomic E-state index is 0.0752. The molecule has 27 heavy (non-hydrogen) atoms. The number of ether oxygens (including phenoxy) is 1. The van der Waals surface area contributed by atoms with Gasteiger partial charge in [0.2, 0.25) is 0 Å². The minimum Gasteiger partial charge on any atom is -0.495 e. The summed E-state index contributed by atoms with van der Waals surface area (Å²) >= 11 is 5.84. The van der Waals surface area contributed by atoms with Crippen molar-refractivity contribution in [3.63, 3.8) is 0 Å². The van der Waals surface area contributed by atoms with Gasteiger partial charge in [-0.15, -0.1) is 0 Å². The Bertz CT molecular complexity index is 951. The van der Waals surface area contributed by atoms with Crippen molar-refractivity contribution in [2.45, 2.75) is 13.0 Å². The highest BCUT2D eigenvalue weighted by atomic mass is 35.5. The third kappa shape index (κ3) is 4.11. The zero-order chi connectivity index (χ0) is 19.4. The number of nitrogens with one attached hydrogen (secondary N) is 2. The highest BCUT2D eigenvalue weighted by Crippen LogP contribution is 2.30. The zero-order valence-electron chi connectivity index (χ0n) is 14.3. The molecule has 0 saturated carbocycles. The Morgan fingerprint density at radius 1 is 1.30 bits per heavy atom. The topological polar surface area (TPSA) is 107 Å². The van der Waals surface area contributed by atoms with E-state index in [9.17, 15) is 9.18 Å². The molecule has 0 aliphatic rings. The molecular formula is C16H15ClFN7O2. The SMILES string of the molecule is COc1cc(NC(=O)N[C@@H](C)c2ncnn2-c2ncccn2)c(F)cc1Cl. The number of benzene rings is 1. The highest BCUT2D eigenvalue weighted by molar-refractivity contribution is 6.32. The van der Waals surface area contributed by atoms with Crippen LogP contribution in [0.25, 0.3) is 5.95 Å². The normalized spacial score (nSPS) is 11.7. The molecule has 3 rings (SSSR count). The van der Waals surface area contributed by atoms with Crippen molar-refractivity contribution in [1.82, 2.24) is 30.0 Å². The summed E-state index contributed by atoms with van der Waals surface area (Å²) < 4.78 is 20.4. The van der Waals surface area contributed by atoms with Crippen molar-refractivity contribution >= 4 is 23.3 Å². The second-order valence-electron chi connectivity index (χ2n) is 5.37. The third-order valence-corrected chi connectivity index (χ3v) is 3.84. The number of carbonyl (C=O) groups excluding carboxylic acids is 1. The Labute approximate surface area is 158 Å². The van der Waals surface area contributed by atoms with Crippen molar-refractivity contribution in [3.8, 4) is 11.7 Å². The first-order chi connectivity index (χ1) is 13.0. The smallest absolute Gasteiger partial charge is 0.319 e. The third-order valence-electron chi connectivity index (χ3n) is 3.54. The monoisotopic (exact) mass is 391 g/mol. The molecule has 2 heterocycles. The first-order valence-corrected chi connectivity index (χ1v) is 8.15. The van der Waals surface area contributed by atoms with Gasteiger partial charge in [-0.2, -0.15) is 9.78 Å². The van der Waals surface area contributed by atoms with E-state index < -0.39 is 17.9 Å². The van der Waals surface area contributed by atoms with Gasteiger partial charge in [0.05, 0.1) is 23.9 Å². The molecule has 1 atom stereocenters. The predicted octanol–water partition coefficient (Wildman–Crippen LogP) is 2.74. The molecule has 11 heteroatoms. The van der Waals surface area contributed by atoms with Crippen LogP contribution in [0.15, 0.2) is 36.9 Å². The van der Waals surface area contributed by atoms with E-state index in [-0.39, 0.29) is 16.5 Å². The van der Waals surface area contributed by atoms with Gasteiger partial charge in [-0.05, 0) is 19.1 Å². The van der Waals surface area contributed by atoms with Gasteiger partial charge in [-0.3, -0.25) is 0 Å². The van der Waals surface area contributed by atoms with Gasteiger partial charge in [-0.1, -0.05) is 11.6 Å². The highest BCUT2D eigenvalue weighted by Gasteiger charge is 2.19. The van der Waals surface area contributed by atoms with Gasteiger partial charge in [0.1, 0.15) is 17.9 Å². The Hall–Kier alpha value is -3.27. The molecule has 0 spiro atoms. The second-order valence-corrected chi connectivity index (χ2v) is 5.77. The maximum atomic E-state index is 14.0. The molecule has 9 nitrogen and oxygen atoms in total. The first kappa shape index (κ1) is 18.5. The van der Waals surface area contributed by atoms with Crippen LogP contribution in [0, 0.1) is 5.82 Å². The van der Waals surface area contributed by atoms with E-state index in [0.29, 0.717) is 11.8 Å². The second kappa shape index (κ2) is 7.96. The van der Waals surface area contributed by atoms with Crippen LogP contribution in [0.5, 0.6) is 5.75 Å². The number of halogens is 2. The van der Waals surface area contributed by atoms with Gasteiger partial charge >= 0.3 is 6.03 Å². The van der Waals surface area contributed by atoms with Crippen LogP contribution >= 0.6 is 11.6 Å². The fraction of sp³-hybridized carbons (Fsp3) is 0.188. The fourth-order valence-corrected chi connectivity index (χ4v) is 2.53. The molecule has 2 amide bonds. The maximum Gasteiger partial charge on any atom is 0.319 e. The van der Waals surface area contributed by atoms with E-state index >= 15 is 0 Å². The molecular weight excluding hydrogens is 377 g/mol. The van der Waals surface area contributed by atoms with Gasteiger partial charge in [-0.25, -0.2) is 24.1 Å². The van der Waals surface area contributed by atoms with E-state index in [1.807, 2.05) is 0 Å². The quantitative estimate of drug-likeness (QED) is 0.692. The molecule has 0 fully saturated rings. The summed E-state index contributed by atoms with van der Waals surface area (Å²) in [7, 11) is 1.39. The van der Waals surface area contributed by atoms with Gasteiger partial charge in [0.25, 0.3) is 5.95 Å². The lowest BCUT2D eigenvalue weighted by atomic mass is 10.3. The molecule has 3 aromatic rings. The lowest BCUT2D eigenvalue weighted by Crippen LogP contribution is -2.33. The van der Waals surface area contributed by atoms with Crippen molar-refractivity contribution < 1.29 is 13.9 Å².